The van der Waals surface area contributed by atoms with Gasteiger partial charge < -0.3 is 24.3 Å². The second-order valence-electron chi connectivity index (χ2n) is 6.61. The van der Waals surface area contributed by atoms with Gasteiger partial charge in [0.05, 0.1) is 31.5 Å². The number of para-hydroxylation sites is 1. The number of rotatable bonds is 10. The fourth-order valence-electron chi connectivity index (χ4n) is 3.10. The molecule has 1 amide bonds. The van der Waals surface area contributed by atoms with Crippen LogP contribution in [0.15, 0.2) is 53.1 Å². The van der Waals surface area contributed by atoms with Crippen molar-refractivity contribution in [3.05, 3.63) is 65.5 Å². The van der Waals surface area contributed by atoms with E-state index in [1.165, 1.54) is 6.26 Å². The molecule has 0 radical (unpaired) electrons. The number of aryl methyl sites for hydroxylation is 1. The molecule has 0 saturated heterocycles. The van der Waals surface area contributed by atoms with Crippen LogP contribution in [0.3, 0.4) is 0 Å². The summed E-state index contributed by atoms with van der Waals surface area (Å²) in [5, 5.41) is 11.9. The standard InChI is InChI=1S/C23H26N2O5/c1-3-29-21-9-5-4-8-19(21)22(27)24-14-18-15-30-23(25-18)17-10-11-20(28-2)16(13-17)7-6-12-26/h4-5,8-11,13,15,26H,3,6-7,12,14H2,1-2H3,(H,24,27). The van der Waals surface area contributed by atoms with E-state index in [1.54, 1.807) is 25.3 Å². The molecule has 0 bridgehead atoms. The molecule has 1 aromatic heterocycles. The molecule has 0 fully saturated rings. The van der Waals surface area contributed by atoms with Gasteiger partial charge in [0, 0.05) is 12.2 Å². The summed E-state index contributed by atoms with van der Waals surface area (Å²) < 4.78 is 16.5. The fraction of sp³-hybridized carbons (Fsp3) is 0.304. The summed E-state index contributed by atoms with van der Waals surface area (Å²) in [5.41, 5.74) is 2.87. The minimum atomic E-state index is -0.237. The molecule has 158 valence electrons. The molecule has 0 aliphatic rings. The Kier molecular flexibility index (Phi) is 7.45. The van der Waals surface area contributed by atoms with E-state index >= 15 is 0 Å². The number of benzene rings is 2. The Bertz CT molecular complexity index is 983. The molecule has 3 aromatic rings. The van der Waals surface area contributed by atoms with E-state index in [1.807, 2.05) is 31.2 Å². The Balaban J connectivity index is 1.69. The van der Waals surface area contributed by atoms with Gasteiger partial charge in [0.1, 0.15) is 17.8 Å². The first-order valence-electron chi connectivity index (χ1n) is 9.88. The van der Waals surface area contributed by atoms with Crippen molar-refractivity contribution in [1.29, 1.82) is 0 Å². The summed E-state index contributed by atoms with van der Waals surface area (Å²) in [6.07, 6.45) is 2.87. The van der Waals surface area contributed by atoms with Crippen molar-refractivity contribution in [2.24, 2.45) is 0 Å². The molecule has 2 aromatic carbocycles. The number of aromatic nitrogens is 1. The van der Waals surface area contributed by atoms with Gasteiger partial charge in [-0.05, 0) is 55.7 Å². The first kappa shape index (κ1) is 21.4. The van der Waals surface area contributed by atoms with Gasteiger partial charge in [-0.1, -0.05) is 12.1 Å². The molecule has 2 N–H and O–H groups in total. The van der Waals surface area contributed by atoms with Gasteiger partial charge in [-0.15, -0.1) is 0 Å². The van der Waals surface area contributed by atoms with Gasteiger partial charge in [0.15, 0.2) is 0 Å². The van der Waals surface area contributed by atoms with Gasteiger partial charge >= 0.3 is 0 Å². The molecule has 0 saturated carbocycles. The highest BCUT2D eigenvalue weighted by Crippen LogP contribution is 2.27. The van der Waals surface area contributed by atoms with Gasteiger partial charge in [-0.2, -0.15) is 0 Å². The summed E-state index contributed by atoms with van der Waals surface area (Å²) in [4.78, 5) is 17.0. The second kappa shape index (κ2) is 10.5. The first-order valence-corrected chi connectivity index (χ1v) is 9.88. The third kappa shape index (κ3) is 5.18. The number of carbonyl (C=O) groups excluding carboxylic acids is 1. The summed E-state index contributed by atoms with van der Waals surface area (Å²) in [7, 11) is 1.62. The Morgan fingerprint density at radius 3 is 2.80 bits per heavy atom. The second-order valence-corrected chi connectivity index (χ2v) is 6.61. The summed E-state index contributed by atoms with van der Waals surface area (Å²) >= 11 is 0. The number of hydrogen-bond acceptors (Lipinski definition) is 6. The molecule has 1 heterocycles. The number of hydrogen-bond donors (Lipinski definition) is 2. The average Bonchev–Trinajstić information content (AvgIpc) is 3.25. The molecule has 7 heteroatoms. The predicted octanol–water partition coefficient (Wildman–Crippen LogP) is 3.60. The SMILES string of the molecule is CCOc1ccccc1C(=O)NCc1coc(-c2ccc(OC)c(CCCO)c2)n1. The Labute approximate surface area is 175 Å². The topological polar surface area (TPSA) is 93.8 Å². The maximum atomic E-state index is 12.5. The maximum absolute atomic E-state index is 12.5. The number of nitrogens with one attached hydrogen (secondary N) is 1. The quantitative estimate of drug-likeness (QED) is 0.530. The van der Waals surface area contributed by atoms with E-state index in [4.69, 9.17) is 19.0 Å². The van der Waals surface area contributed by atoms with Crippen molar-refractivity contribution in [3.8, 4) is 23.0 Å². The zero-order valence-electron chi connectivity index (χ0n) is 17.2. The van der Waals surface area contributed by atoms with E-state index in [0.717, 1.165) is 16.9 Å². The van der Waals surface area contributed by atoms with Crippen molar-refractivity contribution in [3.63, 3.8) is 0 Å². The van der Waals surface area contributed by atoms with Gasteiger partial charge in [0.25, 0.3) is 5.91 Å². The molecule has 0 spiro atoms. The zero-order chi connectivity index (χ0) is 21.3. The van der Waals surface area contributed by atoms with Crippen LogP contribution in [0, 0.1) is 0 Å². The maximum Gasteiger partial charge on any atom is 0.255 e. The number of ether oxygens (including phenoxy) is 2. The van der Waals surface area contributed by atoms with Crippen molar-refractivity contribution in [1.82, 2.24) is 10.3 Å². The highest BCUT2D eigenvalue weighted by atomic mass is 16.5. The largest absolute Gasteiger partial charge is 0.496 e. The summed E-state index contributed by atoms with van der Waals surface area (Å²) in [6.45, 7) is 2.71. The van der Waals surface area contributed by atoms with Gasteiger partial charge in [-0.3, -0.25) is 4.79 Å². The van der Waals surface area contributed by atoms with Crippen LogP contribution < -0.4 is 14.8 Å². The number of aliphatic hydroxyl groups excluding tert-OH is 1. The number of oxazole rings is 1. The van der Waals surface area contributed by atoms with Gasteiger partial charge in [0.2, 0.25) is 5.89 Å². The third-order valence-electron chi connectivity index (χ3n) is 4.54. The molecule has 0 aliphatic heterocycles. The third-order valence-corrected chi connectivity index (χ3v) is 4.54. The summed E-state index contributed by atoms with van der Waals surface area (Å²) in [5.74, 6) is 1.53. The summed E-state index contributed by atoms with van der Waals surface area (Å²) in [6, 6.07) is 12.8. The molecular weight excluding hydrogens is 384 g/mol. The molecule has 0 unspecified atom stereocenters. The van der Waals surface area contributed by atoms with Crippen molar-refractivity contribution < 1.29 is 23.8 Å². The minimum absolute atomic E-state index is 0.114. The van der Waals surface area contributed by atoms with Crippen molar-refractivity contribution in [2.45, 2.75) is 26.3 Å². The predicted molar refractivity (Wildman–Crippen MR) is 113 cm³/mol. The molecule has 30 heavy (non-hydrogen) atoms. The van der Waals surface area contributed by atoms with Crippen LogP contribution in [0.25, 0.3) is 11.5 Å². The Hall–Kier alpha value is -3.32. The molecule has 0 atom stereocenters. The van der Waals surface area contributed by atoms with E-state index < -0.39 is 0 Å². The van der Waals surface area contributed by atoms with E-state index in [9.17, 15) is 4.79 Å². The zero-order valence-corrected chi connectivity index (χ0v) is 17.2. The Morgan fingerprint density at radius 1 is 1.20 bits per heavy atom. The average molecular weight is 410 g/mol. The highest BCUT2D eigenvalue weighted by molar-refractivity contribution is 5.96. The number of amides is 1. The molecule has 0 aliphatic carbocycles. The van der Waals surface area contributed by atoms with E-state index in [-0.39, 0.29) is 19.1 Å². The lowest BCUT2D eigenvalue weighted by molar-refractivity contribution is 0.0946. The van der Waals surface area contributed by atoms with Crippen LogP contribution in [0.1, 0.15) is 35.0 Å². The van der Waals surface area contributed by atoms with Crippen molar-refractivity contribution in [2.75, 3.05) is 20.3 Å². The minimum Gasteiger partial charge on any atom is -0.496 e. The molecular formula is C23H26N2O5. The first-order chi connectivity index (χ1) is 14.7. The smallest absolute Gasteiger partial charge is 0.255 e. The van der Waals surface area contributed by atoms with Crippen LogP contribution in [-0.4, -0.2) is 36.3 Å². The number of nitrogens with zero attached hydrogens (tertiary/aromatic N) is 1. The lowest BCUT2D eigenvalue weighted by Crippen LogP contribution is -2.23. The highest BCUT2D eigenvalue weighted by Gasteiger charge is 2.14. The van der Waals surface area contributed by atoms with Crippen LogP contribution in [0.2, 0.25) is 0 Å². The van der Waals surface area contributed by atoms with E-state index in [2.05, 4.69) is 10.3 Å². The number of aliphatic hydroxyl groups is 1. The Morgan fingerprint density at radius 2 is 2.03 bits per heavy atom. The van der Waals surface area contributed by atoms with E-state index in [0.29, 0.717) is 42.3 Å². The monoisotopic (exact) mass is 410 g/mol. The number of methoxy groups -OCH3 is 1. The van der Waals surface area contributed by atoms with Crippen molar-refractivity contribution >= 4 is 5.91 Å². The number of carbonyl (C=O) groups is 1. The molecule has 3 rings (SSSR count). The normalized spacial score (nSPS) is 10.6. The van der Waals surface area contributed by atoms with Crippen LogP contribution >= 0.6 is 0 Å². The lowest BCUT2D eigenvalue weighted by atomic mass is 10.1. The molecule has 7 nitrogen and oxygen atoms in total. The van der Waals surface area contributed by atoms with Crippen LogP contribution in [-0.2, 0) is 13.0 Å². The van der Waals surface area contributed by atoms with Gasteiger partial charge in [-0.25, -0.2) is 4.98 Å². The fourth-order valence-corrected chi connectivity index (χ4v) is 3.10. The lowest BCUT2D eigenvalue weighted by Gasteiger charge is -2.09. The van der Waals surface area contributed by atoms with Crippen LogP contribution in [0.5, 0.6) is 11.5 Å². The van der Waals surface area contributed by atoms with Crippen LogP contribution in [0.4, 0.5) is 0 Å².